The summed E-state index contributed by atoms with van der Waals surface area (Å²) in [6.45, 7) is 5.23. The Balaban J connectivity index is 2.38. The molecule has 0 amide bonds. The summed E-state index contributed by atoms with van der Waals surface area (Å²) in [5.41, 5.74) is 5.08. The zero-order valence-electron chi connectivity index (χ0n) is 11.8. The third-order valence-corrected chi connectivity index (χ3v) is 2.97. The fourth-order valence-corrected chi connectivity index (χ4v) is 2.20. The van der Waals surface area contributed by atoms with Gasteiger partial charge in [0.1, 0.15) is 22.6 Å². The average Bonchev–Trinajstić information content (AvgIpc) is 2.23. The minimum absolute atomic E-state index is 0.0303. The maximum Gasteiger partial charge on any atom is 0.223 e. The summed E-state index contributed by atoms with van der Waals surface area (Å²) in [4.78, 5) is 7.59. The second-order valence-electron chi connectivity index (χ2n) is 5.62. The van der Waals surface area contributed by atoms with Gasteiger partial charge in [-0.1, -0.05) is 32.4 Å². The van der Waals surface area contributed by atoms with E-state index in [2.05, 4.69) is 15.3 Å². The van der Waals surface area contributed by atoms with Gasteiger partial charge < -0.3 is 11.1 Å². The summed E-state index contributed by atoms with van der Waals surface area (Å²) < 4.78 is 28.2. The Labute approximate surface area is 126 Å². The molecule has 0 aliphatic carbocycles. The lowest BCUT2D eigenvalue weighted by molar-refractivity contribution is 0.476. The molecule has 4 nitrogen and oxygen atoms in total. The highest BCUT2D eigenvalue weighted by molar-refractivity contribution is 6.29. The molecule has 0 fully saturated rings. The van der Waals surface area contributed by atoms with Gasteiger partial charge in [0.2, 0.25) is 5.95 Å². The number of halogens is 3. The van der Waals surface area contributed by atoms with Crippen molar-refractivity contribution in [3.63, 3.8) is 0 Å². The molecule has 1 aromatic carbocycles. The van der Waals surface area contributed by atoms with Gasteiger partial charge in [0.25, 0.3) is 0 Å². The molecular weight excluding hydrogens is 298 g/mol. The molecule has 0 radical (unpaired) electrons. The van der Waals surface area contributed by atoms with E-state index in [9.17, 15) is 8.78 Å². The predicted molar refractivity (Wildman–Crippen MR) is 79.8 cm³/mol. The molecule has 0 atom stereocenters. The van der Waals surface area contributed by atoms with Crippen LogP contribution in [0, 0.1) is 11.6 Å². The zero-order chi connectivity index (χ0) is 15.8. The molecule has 0 saturated carbocycles. The fraction of sp³-hybridized carbons (Fsp3) is 0.286. The first kappa shape index (κ1) is 15.4. The topological polar surface area (TPSA) is 63.8 Å². The molecular formula is C14H15ClF2N4. The number of nitrogens with zero attached hydrogens (tertiary/aromatic N) is 2. The molecule has 3 N–H and O–H groups in total. The fourth-order valence-electron chi connectivity index (χ4n) is 2.01. The molecule has 0 unspecified atom stereocenters. The second kappa shape index (κ2) is 5.44. The third kappa shape index (κ3) is 3.58. The van der Waals surface area contributed by atoms with Gasteiger partial charge in [0.15, 0.2) is 0 Å². The van der Waals surface area contributed by atoms with Gasteiger partial charge in [0.05, 0.1) is 0 Å². The molecule has 0 aliphatic rings. The number of hydrogen-bond acceptors (Lipinski definition) is 4. The van der Waals surface area contributed by atoms with Crippen LogP contribution in [-0.2, 0) is 5.41 Å². The molecule has 0 spiro atoms. The molecule has 1 aromatic heterocycles. The predicted octanol–water partition coefficient (Wildman–Crippen LogP) is 4.03. The number of nitrogens with two attached hydrogens (primary N) is 1. The van der Waals surface area contributed by atoms with E-state index in [0.717, 1.165) is 0 Å². The van der Waals surface area contributed by atoms with E-state index in [-0.39, 0.29) is 28.2 Å². The number of aromatic nitrogens is 2. The Hall–Kier alpha value is -1.95. The molecule has 2 rings (SSSR count). The van der Waals surface area contributed by atoms with Crippen molar-refractivity contribution in [1.82, 2.24) is 9.97 Å². The number of anilines is 3. The van der Waals surface area contributed by atoms with Crippen molar-refractivity contribution in [2.45, 2.75) is 26.2 Å². The Bertz CT molecular complexity index is 640. The summed E-state index contributed by atoms with van der Waals surface area (Å²) in [6.07, 6.45) is 0. The molecule has 0 saturated heterocycles. The summed E-state index contributed by atoms with van der Waals surface area (Å²) in [5, 5.41) is 2.89. The summed E-state index contributed by atoms with van der Waals surface area (Å²) in [7, 11) is 0. The molecule has 2 aromatic rings. The molecule has 0 bridgehead atoms. The van der Waals surface area contributed by atoms with Gasteiger partial charge in [-0.15, -0.1) is 0 Å². The number of nitrogens with one attached hydrogen (secondary N) is 1. The van der Waals surface area contributed by atoms with Gasteiger partial charge in [-0.25, -0.2) is 13.8 Å². The number of rotatable bonds is 2. The molecule has 7 heteroatoms. The van der Waals surface area contributed by atoms with E-state index in [4.69, 9.17) is 17.3 Å². The third-order valence-electron chi connectivity index (χ3n) is 2.78. The summed E-state index contributed by atoms with van der Waals surface area (Å²) >= 11 is 5.74. The molecule has 21 heavy (non-hydrogen) atoms. The summed E-state index contributed by atoms with van der Waals surface area (Å²) in [5.74, 6) is -1.02. The molecule has 1 heterocycles. The highest BCUT2D eigenvalue weighted by Gasteiger charge is 2.23. The van der Waals surface area contributed by atoms with E-state index >= 15 is 0 Å². The van der Waals surface area contributed by atoms with Crippen LogP contribution in [0.5, 0.6) is 0 Å². The van der Waals surface area contributed by atoms with Crippen molar-refractivity contribution < 1.29 is 8.78 Å². The van der Waals surface area contributed by atoms with E-state index in [1.807, 2.05) is 0 Å². The van der Waals surface area contributed by atoms with Crippen molar-refractivity contribution >= 4 is 29.1 Å². The number of benzene rings is 1. The van der Waals surface area contributed by atoms with Crippen molar-refractivity contribution in [2.75, 3.05) is 11.1 Å². The molecule has 0 aliphatic heterocycles. The van der Waals surface area contributed by atoms with Crippen LogP contribution in [0.4, 0.5) is 26.2 Å². The maximum atomic E-state index is 14.1. The van der Waals surface area contributed by atoms with E-state index in [1.165, 1.54) is 18.2 Å². The van der Waals surface area contributed by atoms with Gasteiger partial charge in [0, 0.05) is 17.3 Å². The Morgan fingerprint density at radius 2 is 1.67 bits per heavy atom. The molecule has 112 valence electrons. The number of hydrogen-bond donors (Lipinski definition) is 2. The maximum absolute atomic E-state index is 14.1. The minimum atomic E-state index is -0.630. The first-order valence-corrected chi connectivity index (χ1v) is 6.61. The Morgan fingerprint density at radius 1 is 1.10 bits per heavy atom. The SMILES string of the molecule is CC(C)(C)c1c(F)cc(Nc2cc(Cl)nc(N)n2)cc1F. The van der Waals surface area contributed by atoms with Gasteiger partial charge in [-0.2, -0.15) is 4.98 Å². The van der Waals surface area contributed by atoms with Crippen LogP contribution in [0.1, 0.15) is 26.3 Å². The van der Waals surface area contributed by atoms with Crippen LogP contribution in [0.2, 0.25) is 5.15 Å². The van der Waals surface area contributed by atoms with Crippen molar-refractivity contribution in [2.24, 2.45) is 0 Å². The number of nitrogen functional groups attached to an aromatic ring is 1. The highest BCUT2D eigenvalue weighted by Crippen LogP contribution is 2.31. The van der Waals surface area contributed by atoms with Crippen LogP contribution in [-0.4, -0.2) is 9.97 Å². The largest absolute Gasteiger partial charge is 0.368 e. The van der Waals surface area contributed by atoms with Crippen LogP contribution >= 0.6 is 11.6 Å². The lowest BCUT2D eigenvalue weighted by atomic mass is 9.86. The highest BCUT2D eigenvalue weighted by atomic mass is 35.5. The van der Waals surface area contributed by atoms with Gasteiger partial charge >= 0.3 is 0 Å². The Morgan fingerprint density at radius 3 is 2.14 bits per heavy atom. The smallest absolute Gasteiger partial charge is 0.223 e. The van der Waals surface area contributed by atoms with Crippen molar-refractivity contribution in [3.05, 3.63) is 40.6 Å². The van der Waals surface area contributed by atoms with E-state index in [1.54, 1.807) is 20.8 Å². The monoisotopic (exact) mass is 312 g/mol. The Kier molecular flexibility index (Phi) is 4.00. The normalized spacial score (nSPS) is 11.5. The quantitative estimate of drug-likeness (QED) is 0.822. The lowest BCUT2D eigenvalue weighted by Gasteiger charge is -2.21. The minimum Gasteiger partial charge on any atom is -0.368 e. The zero-order valence-corrected chi connectivity index (χ0v) is 12.6. The lowest BCUT2D eigenvalue weighted by Crippen LogP contribution is -2.16. The standard InChI is InChI=1S/C14H15ClF2N4/c1-14(2,3)12-8(16)4-7(5-9(12)17)19-11-6-10(15)20-13(18)21-11/h4-6H,1-3H3,(H3,18,19,20,21). The van der Waals surface area contributed by atoms with E-state index in [0.29, 0.717) is 0 Å². The first-order valence-electron chi connectivity index (χ1n) is 6.23. The van der Waals surface area contributed by atoms with Crippen molar-refractivity contribution in [3.8, 4) is 0 Å². The first-order chi connectivity index (χ1) is 9.66. The van der Waals surface area contributed by atoms with Gasteiger partial charge in [-0.3, -0.25) is 0 Å². The van der Waals surface area contributed by atoms with Crippen LogP contribution in [0.25, 0.3) is 0 Å². The summed E-state index contributed by atoms with van der Waals surface area (Å²) in [6, 6.07) is 3.82. The van der Waals surface area contributed by atoms with Crippen molar-refractivity contribution in [1.29, 1.82) is 0 Å². The van der Waals surface area contributed by atoms with E-state index < -0.39 is 17.0 Å². The van der Waals surface area contributed by atoms with Crippen LogP contribution < -0.4 is 11.1 Å². The second-order valence-corrected chi connectivity index (χ2v) is 6.01. The van der Waals surface area contributed by atoms with Crippen LogP contribution in [0.15, 0.2) is 18.2 Å². The van der Waals surface area contributed by atoms with Crippen LogP contribution in [0.3, 0.4) is 0 Å². The average molecular weight is 313 g/mol. The van der Waals surface area contributed by atoms with Gasteiger partial charge in [-0.05, 0) is 17.5 Å².